The maximum atomic E-state index is 11.5. The third-order valence-corrected chi connectivity index (χ3v) is 3.84. The van der Waals surface area contributed by atoms with Gasteiger partial charge in [0.15, 0.2) is 5.96 Å². The van der Waals surface area contributed by atoms with Crippen molar-refractivity contribution in [1.29, 1.82) is 0 Å². The maximum Gasteiger partial charge on any atom is 0.324 e. The topological polar surface area (TPSA) is 106 Å². The lowest BCUT2D eigenvalue weighted by Crippen LogP contribution is -2.51. The highest BCUT2D eigenvalue weighted by molar-refractivity contribution is 6.01. The third-order valence-electron chi connectivity index (χ3n) is 3.84. The first kappa shape index (κ1) is 17.0. The van der Waals surface area contributed by atoms with Crippen LogP contribution in [0.3, 0.4) is 0 Å². The van der Waals surface area contributed by atoms with E-state index in [1.165, 1.54) is 4.90 Å². The number of likely N-dealkylation sites (N-methyl/N-ethyl adjacent to an activating group) is 1. The fraction of sp³-hybridized carbons (Fsp3) is 0.714. The van der Waals surface area contributed by atoms with Gasteiger partial charge in [-0.15, -0.1) is 0 Å². The molecule has 1 atom stereocenters. The van der Waals surface area contributed by atoms with E-state index in [1.54, 1.807) is 11.9 Å². The molecule has 0 saturated carbocycles. The number of carbonyl (C=O) groups excluding carboxylic acids is 3. The van der Waals surface area contributed by atoms with Crippen LogP contribution < -0.4 is 16.0 Å². The van der Waals surface area contributed by atoms with Crippen molar-refractivity contribution in [3.63, 3.8) is 0 Å². The SMILES string of the molecule is CCNC(=NCCN1C(=O)CNC1=O)NC1CCC(=O)N(C)C1. The minimum absolute atomic E-state index is 0.0588. The lowest BCUT2D eigenvalue weighted by Gasteiger charge is -2.31. The molecule has 1 unspecified atom stereocenters. The highest BCUT2D eigenvalue weighted by Gasteiger charge is 2.27. The van der Waals surface area contributed by atoms with Crippen molar-refractivity contribution < 1.29 is 14.4 Å². The number of nitrogens with one attached hydrogen (secondary N) is 3. The van der Waals surface area contributed by atoms with Gasteiger partial charge in [0.1, 0.15) is 0 Å². The number of nitrogens with zero attached hydrogens (tertiary/aromatic N) is 3. The predicted molar refractivity (Wildman–Crippen MR) is 84.9 cm³/mol. The highest BCUT2D eigenvalue weighted by Crippen LogP contribution is 2.09. The van der Waals surface area contributed by atoms with E-state index in [4.69, 9.17) is 0 Å². The van der Waals surface area contributed by atoms with Gasteiger partial charge in [0.2, 0.25) is 11.8 Å². The van der Waals surface area contributed by atoms with Crippen molar-refractivity contribution in [3.05, 3.63) is 0 Å². The molecular weight excluding hydrogens is 300 g/mol. The van der Waals surface area contributed by atoms with Gasteiger partial charge in [-0.3, -0.25) is 19.5 Å². The first-order valence-electron chi connectivity index (χ1n) is 7.88. The smallest absolute Gasteiger partial charge is 0.324 e. The molecule has 0 aromatic carbocycles. The Bertz CT molecular complexity index is 491. The van der Waals surface area contributed by atoms with Crippen LogP contribution in [-0.4, -0.2) is 79.4 Å². The van der Waals surface area contributed by atoms with Gasteiger partial charge in [-0.25, -0.2) is 4.79 Å². The monoisotopic (exact) mass is 324 g/mol. The quantitative estimate of drug-likeness (QED) is 0.332. The van der Waals surface area contributed by atoms with Crippen LogP contribution in [0.5, 0.6) is 0 Å². The van der Waals surface area contributed by atoms with Gasteiger partial charge in [-0.05, 0) is 13.3 Å². The summed E-state index contributed by atoms with van der Waals surface area (Å²) in [5.74, 6) is 0.562. The van der Waals surface area contributed by atoms with E-state index in [0.29, 0.717) is 32.0 Å². The molecule has 0 spiro atoms. The summed E-state index contributed by atoms with van der Waals surface area (Å²) >= 11 is 0. The number of imide groups is 1. The molecule has 2 saturated heterocycles. The van der Waals surface area contributed by atoms with Crippen molar-refractivity contribution in [2.45, 2.75) is 25.8 Å². The van der Waals surface area contributed by atoms with Crippen molar-refractivity contribution in [3.8, 4) is 0 Å². The van der Waals surface area contributed by atoms with Crippen molar-refractivity contribution >= 4 is 23.8 Å². The van der Waals surface area contributed by atoms with E-state index in [-0.39, 0.29) is 37.0 Å². The van der Waals surface area contributed by atoms with Gasteiger partial charge in [0, 0.05) is 32.6 Å². The molecule has 2 heterocycles. The molecule has 2 aliphatic heterocycles. The number of hydrogen-bond acceptors (Lipinski definition) is 4. The van der Waals surface area contributed by atoms with Gasteiger partial charge >= 0.3 is 6.03 Å². The Morgan fingerprint density at radius 3 is 2.74 bits per heavy atom. The highest BCUT2D eigenvalue weighted by atomic mass is 16.2. The Kier molecular flexibility index (Phi) is 5.78. The number of carbonyl (C=O) groups is 3. The van der Waals surface area contributed by atoms with Crippen LogP contribution in [0.2, 0.25) is 0 Å². The largest absolute Gasteiger partial charge is 0.357 e. The lowest BCUT2D eigenvalue weighted by molar-refractivity contribution is -0.132. The second kappa shape index (κ2) is 7.80. The molecule has 9 heteroatoms. The molecule has 2 fully saturated rings. The first-order chi connectivity index (χ1) is 11.0. The number of amides is 4. The summed E-state index contributed by atoms with van der Waals surface area (Å²) in [6.07, 6.45) is 1.29. The Morgan fingerprint density at radius 1 is 1.35 bits per heavy atom. The Balaban J connectivity index is 1.86. The summed E-state index contributed by atoms with van der Waals surface area (Å²) in [7, 11) is 1.79. The van der Waals surface area contributed by atoms with E-state index in [9.17, 15) is 14.4 Å². The molecule has 3 N–H and O–H groups in total. The van der Waals surface area contributed by atoms with Gasteiger partial charge < -0.3 is 20.9 Å². The van der Waals surface area contributed by atoms with E-state index < -0.39 is 0 Å². The second-order valence-electron chi connectivity index (χ2n) is 5.62. The maximum absolute atomic E-state index is 11.5. The Morgan fingerprint density at radius 2 is 2.13 bits per heavy atom. The molecular formula is C14H24N6O3. The zero-order valence-corrected chi connectivity index (χ0v) is 13.6. The van der Waals surface area contributed by atoms with Crippen molar-refractivity contribution in [1.82, 2.24) is 25.8 Å². The molecule has 0 aliphatic carbocycles. The number of guanidine groups is 1. The number of piperidine rings is 1. The third kappa shape index (κ3) is 4.57. The molecule has 2 rings (SSSR count). The van der Waals surface area contributed by atoms with Gasteiger partial charge in [-0.2, -0.15) is 0 Å². The van der Waals surface area contributed by atoms with Crippen LogP contribution in [0, 0.1) is 0 Å². The second-order valence-corrected chi connectivity index (χ2v) is 5.62. The van der Waals surface area contributed by atoms with Crippen LogP contribution in [-0.2, 0) is 9.59 Å². The van der Waals surface area contributed by atoms with E-state index in [1.807, 2.05) is 6.92 Å². The standard InChI is InChI=1S/C14H24N6O3/c1-3-15-13(18-10-4-5-11(21)19(2)9-10)16-6-7-20-12(22)8-17-14(20)23/h10H,3-9H2,1-2H3,(H,17,23)(H2,15,16,18). The first-order valence-corrected chi connectivity index (χ1v) is 7.88. The lowest BCUT2D eigenvalue weighted by atomic mass is 10.1. The van der Waals surface area contributed by atoms with Crippen LogP contribution in [0.4, 0.5) is 4.79 Å². The van der Waals surface area contributed by atoms with E-state index >= 15 is 0 Å². The van der Waals surface area contributed by atoms with Crippen LogP contribution in [0.1, 0.15) is 19.8 Å². The summed E-state index contributed by atoms with van der Waals surface area (Å²) in [5, 5.41) is 8.91. The molecule has 0 radical (unpaired) electrons. The van der Waals surface area contributed by atoms with E-state index in [2.05, 4.69) is 20.9 Å². The van der Waals surface area contributed by atoms with E-state index in [0.717, 1.165) is 6.42 Å². The number of aliphatic imine (C=N–C) groups is 1. The number of urea groups is 1. The summed E-state index contributed by atoms with van der Waals surface area (Å²) in [6, 6.07) is -0.220. The minimum atomic E-state index is -0.365. The molecule has 4 amide bonds. The summed E-state index contributed by atoms with van der Waals surface area (Å²) < 4.78 is 0. The molecule has 0 bridgehead atoms. The molecule has 9 nitrogen and oxygen atoms in total. The van der Waals surface area contributed by atoms with Gasteiger partial charge in [0.05, 0.1) is 19.6 Å². The van der Waals surface area contributed by atoms with Gasteiger partial charge in [0.25, 0.3) is 0 Å². The average Bonchev–Trinajstić information content (AvgIpc) is 2.83. The van der Waals surface area contributed by atoms with Crippen molar-refractivity contribution in [2.75, 3.05) is 39.8 Å². The molecule has 128 valence electrons. The summed E-state index contributed by atoms with van der Waals surface area (Å²) in [4.78, 5) is 41.7. The molecule has 0 aromatic heterocycles. The average molecular weight is 324 g/mol. The van der Waals surface area contributed by atoms with Crippen molar-refractivity contribution in [2.24, 2.45) is 4.99 Å². The predicted octanol–water partition coefficient (Wildman–Crippen LogP) is -1.29. The van der Waals surface area contributed by atoms with Gasteiger partial charge in [-0.1, -0.05) is 0 Å². The molecule has 2 aliphatic rings. The zero-order chi connectivity index (χ0) is 16.8. The summed E-state index contributed by atoms with van der Waals surface area (Å²) in [6.45, 7) is 3.95. The fourth-order valence-electron chi connectivity index (χ4n) is 2.59. The Labute approximate surface area is 135 Å². The normalized spacial score (nSPS) is 22.4. The Hall–Kier alpha value is -2.32. The number of rotatable bonds is 5. The zero-order valence-electron chi connectivity index (χ0n) is 13.6. The minimum Gasteiger partial charge on any atom is -0.357 e. The number of likely N-dealkylation sites (tertiary alicyclic amines) is 1. The fourth-order valence-corrected chi connectivity index (χ4v) is 2.59. The number of hydrogen-bond donors (Lipinski definition) is 3. The van der Waals surface area contributed by atoms with Crippen LogP contribution >= 0.6 is 0 Å². The van der Waals surface area contributed by atoms with Crippen LogP contribution in [0.15, 0.2) is 4.99 Å². The molecule has 0 aromatic rings. The molecule has 23 heavy (non-hydrogen) atoms. The summed E-state index contributed by atoms with van der Waals surface area (Å²) in [5.41, 5.74) is 0. The van der Waals surface area contributed by atoms with Crippen LogP contribution in [0.25, 0.3) is 0 Å².